The Kier molecular flexibility index (Phi) is 9.52. The van der Waals surface area contributed by atoms with Gasteiger partial charge in [0.2, 0.25) is 0 Å². The second-order valence-corrected chi connectivity index (χ2v) is 10.5. The van der Waals surface area contributed by atoms with Crippen molar-refractivity contribution in [3.8, 4) is 0 Å². The Hall–Kier alpha value is -1.95. The van der Waals surface area contributed by atoms with Crippen molar-refractivity contribution in [2.45, 2.75) is 89.3 Å². The zero-order valence-corrected chi connectivity index (χ0v) is 21.8. The third-order valence-electron chi connectivity index (χ3n) is 7.97. The average Bonchev–Trinajstić information content (AvgIpc) is 3.16. The number of unbranched alkanes of at least 4 members (excludes halogenated alkanes) is 1. The highest BCUT2D eigenvalue weighted by Gasteiger charge is 2.52. The van der Waals surface area contributed by atoms with E-state index < -0.39 is 5.54 Å². The molecule has 2 aliphatic rings. The number of carbonyl (C=O) groups is 1. The molecule has 0 saturated heterocycles. The smallest absolute Gasteiger partial charge is 0.335 e. The Morgan fingerprint density at radius 2 is 1.97 bits per heavy atom. The highest BCUT2D eigenvalue weighted by molar-refractivity contribution is 5.86. The SMILES string of the molecule is CCCCN1C=NC(CCC)(C(=O)OC)C1CC1CCC(C(c2cccc(F)c2)N(C)C)CC1. The summed E-state index contributed by atoms with van der Waals surface area (Å²) in [6.07, 6.45) is 11.2. The standard InChI is InChI=1S/C28H44FN3O2/c1-6-8-17-32-20-30-28(16-7-2,27(33)34-5)25(32)18-21-12-14-22(15-13-21)26(31(3)4)23-10-9-11-24(29)19-23/h9-11,19-22,25-26H,6-8,12-18H2,1-5H3. The monoisotopic (exact) mass is 473 g/mol. The van der Waals surface area contributed by atoms with Crippen LogP contribution in [0.5, 0.6) is 0 Å². The van der Waals surface area contributed by atoms with Crippen molar-refractivity contribution in [1.82, 2.24) is 9.80 Å². The zero-order chi connectivity index (χ0) is 24.7. The molecule has 0 spiro atoms. The van der Waals surface area contributed by atoms with Gasteiger partial charge in [0.05, 0.1) is 19.5 Å². The lowest BCUT2D eigenvalue weighted by atomic mass is 9.72. The maximum atomic E-state index is 13.9. The van der Waals surface area contributed by atoms with Gasteiger partial charge in [-0.1, -0.05) is 51.7 Å². The van der Waals surface area contributed by atoms with Crippen LogP contribution in [0.15, 0.2) is 29.3 Å². The van der Waals surface area contributed by atoms with Crippen LogP contribution in [0.25, 0.3) is 0 Å². The third-order valence-corrected chi connectivity index (χ3v) is 7.97. The van der Waals surface area contributed by atoms with Crippen molar-refractivity contribution >= 4 is 12.3 Å². The number of aliphatic imine (C=N–C) groups is 1. The van der Waals surface area contributed by atoms with Crippen LogP contribution in [0, 0.1) is 17.7 Å². The van der Waals surface area contributed by atoms with Gasteiger partial charge in [-0.15, -0.1) is 0 Å². The van der Waals surface area contributed by atoms with Gasteiger partial charge >= 0.3 is 5.97 Å². The molecule has 3 rings (SSSR count). The molecule has 0 radical (unpaired) electrons. The lowest BCUT2D eigenvalue weighted by molar-refractivity contribution is -0.149. The van der Waals surface area contributed by atoms with Crippen LogP contribution < -0.4 is 0 Å². The summed E-state index contributed by atoms with van der Waals surface area (Å²) in [6.45, 7) is 5.25. The average molecular weight is 474 g/mol. The van der Waals surface area contributed by atoms with Gasteiger partial charge in [-0.3, -0.25) is 4.99 Å². The Labute approximate surface area is 205 Å². The normalized spacial score (nSPS) is 27.9. The van der Waals surface area contributed by atoms with Gasteiger partial charge in [0, 0.05) is 12.6 Å². The molecule has 1 heterocycles. The van der Waals surface area contributed by atoms with E-state index >= 15 is 0 Å². The second kappa shape index (κ2) is 12.1. The molecule has 1 aliphatic heterocycles. The first kappa shape index (κ1) is 26.7. The molecule has 3 atom stereocenters. The number of esters is 1. The minimum absolute atomic E-state index is 0.0702. The van der Waals surface area contributed by atoms with Gasteiger partial charge in [0.1, 0.15) is 5.82 Å². The van der Waals surface area contributed by atoms with Crippen LogP contribution in [0.2, 0.25) is 0 Å². The van der Waals surface area contributed by atoms with E-state index in [0.29, 0.717) is 11.8 Å². The van der Waals surface area contributed by atoms with Crippen LogP contribution in [-0.4, -0.2) is 61.4 Å². The van der Waals surface area contributed by atoms with Crippen molar-refractivity contribution in [1.29, 1.82) is 0 Å². The summed E-state index contributed by atoms with van der Waals surface area (Å²) in [4.78, 5) is 22.4. The van der Waals surface area contributed by atoms with Crippen LogP contribution in [0.3, 0.4) is 0 Å². The van der Waals surface area contributed by atoms with Crippen molar-refractivity contribution in [3.63, 3.8) is 0 Å². The van der Waals surface area contributed by atoms with Gasteiger partial charge in [0.25, 0.3) is 0 Å². The first-order valence-electron chi connectivity index (χ1n) is 13.2. The van der Waals surface area contributed by atoms with Crippen molar-refractivity contribution in [2.24, 2.45) is 16.8 Å². The fraction of sp³-hybridized carbons (Fsp3) is 0.714. The molecule has 0 aromatic heterocycles. The number of methoxy groups -OCH3 is 1. The van der Waals surface area contributed by atoms with E-state index in [0.717, 1.165) is 69.9 Å². The molecule has 5 nitrogen and oxygen atoms in total. The van der Waals surface area contributed by atoms with Crippen LogP contribution >= 0.6 is 0 Å². The summed E-state index contributed by atoms with van der Waals surface area (Å²) in [6, 6.07) is 7.37. The van der Waals surface area contributed by atoms with Gasteiger partial charge in [0.15, 0.2) is 5.54 Å². The molecule has 0 N–H and O–H groups in total. The summed E-state index contributed by atoms with van der Waals surface area (Å²) in [5, 5.41) is 0. The number of hydrogen-bond donors (Lipinski definition) is 0. The van der Waals surface area contributed by atoms with Crippen LogP contribution in [0.4, 0.5) is 4.39 Å². The summed E-state index contributed by atoms with van der Waals surface area (Å²) in [5.74, 6) is 0.705. The molecule has 1 aliphatic carbocycles. The van der Waals surface area contributed by atoms with Gasteiger partial charge < -0.3 is 14.5 Å². The summed E-state index contributed by atoms with van der Waals surface area (Å²) < 4.78 is 19.2. The lowest BCUT2D eigenvalue weighted by Crippen LogP contribution is -2.52. The minimum atomic E-state index is -0.776. The fourth-order valence-electron chi connectivity index (χ4n) is 6.32. The highest BCUT2D eigenvalue weighted by Crippen LogP contribution is 2.43. The number of benzene rings is 1. The molecule has 1 aromatic rings. The maximum absolute atomic E-state index is 13.9. The second-order valence-electron chi connectivity index (χ2n) is 10.5. The van der Waals surface area contributed by atoms with E-state index in [1.54, 1.807) is 6.07 Å². The quantitative estimate of drug-likeness (QED) is 0.378. The maximum Gasteiger partial charge on any atom is 0.335 e. The molecule has 3 unspecified atom stereocenters. The lowest BCUT2D eigenvalue weighted by Gasteiger charge is -2.41. The molecule has 6 heteroatoms. The van der Waals surface area contributed by atoms with E-state index in [1.807, 2.05) is 12.4 Å². The molecule has 0 bridgehead atoms. The summed E-state index contributed by atoms with van der Waals surface area (Å²) >= 11 is 0. The van der Waals surface area contributed by atoms with Gasteiger partial charge in [-0.05, 0) is 75.7 Å². The molecule has 0 amide bonds. The van der Waals surface area contributed by atoms with Crippen molar-refractivity contribution in [2.75, 3.05) is 27.7 Å². The Bertz CT molecular complexity index is 822. The van der Waals surface area contributed by atoms with Crippen molar-refractivity contribution < 1.29 is 13.9 Å². The highest BCUT2D eigenvalue weighted by atomic mass is 19.1. The van der Waals surface area contributed by atoms with Crippen molar-refractivity contribution in [3.05, 3.63) is 35.6 Å². The Morgan fingerprint density at radius 1 is 1.24 bits per heavy atom. The largest absolute Gasteiger partial charge is 0.467 e. The molecular formula is C28H44FN3O2. The Balaban J connectivity index is 1.72. The van der Waals surface area contributed by atoms with Crippen LogP contribution in [0.1, 0.15) is 83.2 Å². The van der Waals surface area contributed by atoms with E-state index in [-0.39, 0.29) is 23.9 Å². The molecule has 1 aromatic carbocycles. The predicted octanol–water partition coefficient (Wildman–Crippen LogP) is 5.85. The minimum Gasteiger partial charge on any atom is -0.467 e. The van der Waals surface area contributed by atoms with E-state index in [9.17, 15) is 9.18 Å². The third kappa shape index (κ3) is 5.81. The predicted molar refractivity (Wildman–Crippen MR) is 136 cm³/mol. The van der Waals surface area contributed by atoms with E-state index in [1.165, 1.54) is 13.2 Å². The first-order valence-corrected chi connectivity index (χ1v) is 13.2. The summed E-state index contributed by atoms with van der Waals surface area (Å²) in [5.41, 5.74) is 0.290. The number of carbonyl (C=O) groups excluding carboxylic acids is 1. The Morgan fingerprint density at radius 3 is 2.56 bits per heavy atom. The topological polar surface area (TPSA) is 45.1 Å². The number of halogens is 1. The number of nitrogens with zero attached hydrogens (tertiary/aromatic N) is 3. The molecule has 190 valence electrons. The number of hydrogen-bond acceptors (Lipinski definition) is 5. The molecular weight excluding hydrogens is 429 g/mol. The fourth-order valence-corrected chi connectivity index (χ4v) is 6.32. The first-order chi connectivity index (χ1) is 16.4. The van der Waals surface area contributed by atoms with Crippen LogP contribution in [-0.2, 0) is 9.53 Å². The van der Waals surface area contributed by atoms with Gasteiger partial charge in [-0.2, -0.15) is 0 Å². The van der Waals surface area contributed by atoms with E-state index in [2.05, 4.69) is 43.8 Å². The zero-order valence-electron chi connectivity index (χ0n) is 21.8. The van der Waals surface area contributed by atoms with E-state index in [4.69, 9.17) is 9.73 Å². The number of ether oxygens (including phenoxy) is 1. The van der Waals surface area contributed by atoms with Gasteiger partial charge in [-0.25, -0.2) is 9.18 Å². The molecule has 1 fully saturated rings. The molecule has 1 saturated carbocycles. The number of rotatable bonds is 11. The summed E-state index contributed by atoms with van der Waals surface area (Å²) in [7, 11) is 5.68. The molecule has 34 heavy (non-hydrogen) atoms.